The van der Waals surface area contributed by atoms with Crippen LogP contribution < -0.4 is 5.32 Å². The Morgan fingerprint density at radius 3 is 3.33 bits per heavy atom. The fourth-order valence-electron chi connectivity index (χ4n) is 0.956. The van der Waals surface area contributed by atoms with E-state index < -0.39 is 0 Å². The minimum absolute atomic E-state index is 0.0468. The molecule has 0 aliphatic rings. The first-order valence-corrected chi connectivity index (χ1v) is 6.10. The zero-order valence-corrected chi connectivity index (χ0v) is 9.64. The molecule has 8 heteroatoms. The average molecular weight is 243 g/mol. The maximum Gasteiger partial charge on any atom is 0.235 e. The number of hydrogen-bond acceptors (Lipinski definition) is 6. The van der Waals surface area contributed by atoms with Crippen molar-refractivity contribution in [3.8, 4) is 0 Å². The molecular formula is C7H9N5OS2. The molecule has 6 nitrogen and oxygen atoms in total. The SMILES string of the molecule is CNC(=O)CCSc1nn2cnnc2s1. The smallest absolute Gasteiger partial charge is 0.235 e. The summed E-state index contributed by atoms with van der Waals surface area (Å²) in [4.78, 5) is 11.7. The van der Waals surface area contributed by atoms with Crippen LogP contribution in [0.1, 0.15) is 6.42 Å². The Balaban J connectivity index is 1.90. The van der Waals surface area contributed by atoms with Gasteiger partial charge in [0, 0.05) is 19.2 Å². The lowest BCUT2D eigenvalue weighted by Gasteiger charge is -1.96. The minimum atomic E-state index is 0.0468. The van der Waals surface area contributed by atoms with Gasteiger partial charge in [0.05, 0.1) is 0 Å². The zero-order valence-electron chi connectivity index (χ0n) is 8.01. The summed E-state index contributed by atoms with van der Waals surface area (Å²) in [6.45, 7) is 0. The number of amides is 1. The first kappa shape index (κ1) is 10.4. The standard InChI is InChI=1S/C7H9N5OS2/c1-8-5(13)2-3-14-7-11-12-4-9-10-6(12)15-7/h4H,2-3H2,1H3,(H,8,13). The third-order valence-electron chi connectivity index (χ3n) is 1.70. The van der Waals surface area contributed by atoms with Gasteiger partial charge in [0.1, 0.15) is 6.33 Å². The van der Waals surface area contributed by atoms with Gasteiger partial charge in [-0.3, -0.25) is 4.79 Å². The number of thioether (sulfide) groups is 1. The molecule has 0 bridgehead atoms. The summed E-state index contributed by atoms with van der Waals surface area (Å²) in [5.74, 6) is 0.773. The van der Waals surface area contributed by atoms with E-state index >= 15 is 0 Å². The maximum atomic E-state index is 11.0. The molecule has 2 rings (SSSR count). The summed E-state index contributed by atoms with van der Waals surface area (Å²) < 4.78 is 2.54. The topological polar surface area (TPSA) is 72.2 Å². The van der Waals surface area contributed by atoms with Gasteiger partial charge >= 0.3 is 0 Å². The van der Waals surface area contributed by atoms with E-state index in [4.69, 9.17) is 0 Å². The lowest BCUT2D eigenvalue weighted by atomic mass is 10.5. The minimum Gasteiger partial charge on any atom is -0.359 e. The Morgan fingerprint density at radius 2 is 2.60 bits per heavy atom. The van der Waals surface area contributed by atoms with Crippen molar-refractivity contribution < 1.29 is 4.79 Å². The highest BCUT2D eigenvalue weighted by Gasteiger charge is 2.06. The Bertz CT molecular complexity index is 436. The number of nitrogens with zero attached hydrogens (tertiary/aromatic N) is 4. The summed E-state index contributed by atoms with van der Waals surface area (Å²) in [6, 6.07) is 0. The molecule has 0 spiro atoms. The van der Waals surface area contributed by atoms with Crippen LogP contribution in [0.15, 0.2) is 10.7 Å². The molecule has 2 heterocycles. The third-order valence-corrected chi connectivity index (χ3v) is 3.75. The molecule has 0 aromatic carbocycles. The fraction of sp³-hybridized carbons (Fsp3) is 0.429. The van der Waals surface area contributed by atoms with E-state index in [-0.39, 0.29) is 5.91 Å². The number of fused-ring (bicyclic) bond motifs is 1. The van der Waals surface area contributed by atoms with Crippen molar-refractivity contribution in [2.75, 3.05) is 12.8 Å². The summed E-state index contributed by atoms with van der Waals surface area (Å²) in [7, 11) is 1.64. The van der Waals surface area contributed by atoms with Crippen LogP contribution in [-0.4, -0.2) is 38.5 Å². The number of hydrogen-bond donors (Lipinski definition) is 1. The summed E-state index contributed by atoms with van der Waals surface area (Å²) in [6.07, 6.45) is 2.07. The molecular weight excluding hydrogens is 234 g/mol. The average Bonchev–Trinajstić information content (AvgIpc) is 2.77. The monoisotopic (exact) mass is 243 g/mol. The lowest BCUT2D eigenvalue weighted by Crippen LogP contribution is -2.17. The Hall–Kier alpha value is -1.15. The molecule has 2 aromatic rings. The van der Waals surface area contributed by atoms with Gasteiger partial charge in [-0.05, 0) is 0 Å². The van der Waals surface area contributed by atoms with Crippen LogP contribution in [0.25, 0.3) is 4.96 Å². The normalized spacial score (nSPS) is 10.7. The highest BCUT2D eigenvalue weighted by Crippen LogP contribution is 2.23. The van der Waals surface area contributed by atoms with E-state index in [0.29, 0.717) is 6.42 Å². The molecule has 0 saturated carbocycles. The number of carbonyl (C=O) groups is 1. The molecule has 1 amide bonds. The van der Waals surface area contributed by atoms with Gasteiger partial charge in [0.2, 0.25) is 10.9 Å². The van der Waals surface area contributed by atoms with Crippen LogP contribution in [0.3, 0.4) is 0 Å². The number of nitrogens with one attached hydrogen (secondary N) is 1. The van der Waals surface area contributed by atoms with Crippen LogP contribution in [0, 0.1) is 0 Å². The zero-order chi connectivity index (χ0) is 10.7. The van der Waals surface area contributed by atoms with Gasteiger partial charge < -0.3 is 5.32 Å². The summed E-state index contributed by atoms with van der Waals surface area (Å²) in [5.41, 5.74) is 0. The molecule has 0 unspecified atom stereocenters. The van der Waals surface area contributed by atoms with Crippen LogP contribution in [0.4, 0.5) is 0 Å². The molecule has 0 saturated heterocycles. The Morgan fingerprint density at radius 1 is 1.73 bits per heavy atom. The second-order valence-corrected chi connectivity index (χ2v) is 5.00. The largest absolute Gasteiger partial charge is 0.359 e. The van der Waals surface area contributed by atoms with Crippen molar-refractivity contribution in [1.29, 1.82) is 0 Å². The number of carbonyl (C=O) groups excluding carboxylic acids is 1. The molecule has 1 N–H and O–H groups in total. The first-order chi connectivity index (χ1) is 7.29. The van der Waals surface area contributed by atoms with Crippen molar-refractivity contribution in [1.82, 2.24) is 25.1 Å². The van der Waals surface area contributed by atoms with Crippen molar-refractivity contribution in [2.45, 2.75) is 10.8 Å². The second-order valence-electron chi connectivity index (χ2n) is 2.70. The van der Waals surface area contributed by atoms with Crippen molar-refractivity contribution in [3.05, 3.63) is 6.33 Å². The van der Waals surface area contributed by atoms with Crippen LogP contribution in [0.5, 0.6) is 0 Å². The van der Waals surface area contributed by atoms with Crippen molar-refractivity contribution in [2.24, 2.45) is 0 Å². The van der Waals surface area contributed by atoms with E-state index in [2.05, 4.69) is 20.6 Å². The van der Waals surface area contributed by atoms with Crippen LogP contribution in [0.2, 0.25) is 0 Å². The number of rotatable bonds is 4. The lowest BCUT2D eigenvalue weighted by molar-refractivity contribution is -0.120. The van der Waals surface area contributed by atoms with E-state index in [9.17, 15) is 4.79 Å². The van der Waals surface area contributed by atoms with E-state index in [1.807, 2.05) is 0 Å². The molecule has 0 aliphatic carbocycles. The van der Waals surface area contributed by atoms with Crippen molar-refractivity contribution >= 4 is 34.0 Å². The molecule has 80 valence electrons. The highest BCUT2D eigenvalue weighted by molar-refractivity contribution is 8.01. The number of aromatic nitrogens is 4. The molecule has 0 fully saturated rings. The van der Waals surface area contributed by atoms with Gasteiger partial charge in [-0.25, -0.2) is 0 Å². The van der Waals surface area contributed by atoms with Gasteiger partial charge in [0.25, 0.3) is 0 Å². The maximum absolute atomic E-state index is 11.0. The van der Waals surface area contributed by atoms with E-state index in [1.165, 1.54) is 11.3 Å². The molecule has 0 aliphatic heterocycles. The fourth-order valence-corrected chi connectivity index (χ4v) is 2.83. The highest BCUT2D eigenvalue weighted by atomic mass is 32.2. The van der Waals surface area contributed by atoms with E-state index in [0.717, 1.165) is 15.1 Å². The quantitative estimate of drug-likeness (QED) is 0.788. The molecule has 2 aromatic heterocycles. The van der Waals surface area contributed by atoms with Crippen molar-refractivity contribution in [3.63, 3.8) is 0 Å². The molecule has 15 heavy (non-hydrogen) atoms. The predicted octanol–water partition coefficient (Wildman–Crippen LogP) is 0.414. The first-order valence-electron chi connectivity index (χ1n) is 4.30. The van der Waals surface area contributed by atoms with Gasteiger partial charge in [-0.1, -0.05) is 23.1 Å². The van der Waals surface area contributed by atoms with Gasteiger partial charge in [-0.2, -0.15) is 4.52 Å². The second kappa shape index (κ2) is 4.58. The predicted molar refractivity (Wildman–Crippen MR) is 58.1 cm³/mol. The summed E-state index contributed by atoms with van der Waals surface area (Å²) >= 11 is 3.03. The van der Waals surface area contributed by atoms with Gasteiger partial charge in [0.15, 0.2) is 4.34 Å². The Labute approximate surface area is 94.1 Å². The van der Waals surface area contributed by atoms with Crippen LogP contribution >= 0.6 is 23.1 Å². The van der Waals surface area contributed by atoms with Gasteiger partial charge in [-0.15, -0.1) is 15.3 Å². The van der Waals surface area contributed by atoms with Crippen LogP contribution in [-0.2, 0) is 4.79 Å². The third kappa shape index (κ3) is 2.45. The Kier molecular flexibility index (Phi) is 3.17. The molecule has 0 radical (unpaired) electrons. The van der Waals surface area contributed by atoms with E-state index in [1.54, 1.807) is 29.7 Å². The molecule has 0 atom stereocenters. The summed E-state index contributed by atoms with van der Waals surface area (Å²) in [5, 5.41) is 14.4.